The van der Waals surface area contributed by atoms with Crippen molar-refractivity contribution < 1.29 is 33.3 Å². The lowest BCUT2D eigenvalue weighted by molar-refractivity contribution is -0.670. The minimum absolute atomic E-state index is 0. The van der Waals surface area contributed by atoms with E-state index in [2.05, 4.69) is 66.0 Å². The molecule has 0 radical (unpaired) electrons. The zero-order chi connectivity index (χ0) is 14.6. The topological polar surface area (TPSA) is 18.0 Å². The molecule has 4 rings (SSSR count). The van der Waals surface area contributed by atoms with Gasteiger partial charge in [-0.15, -0.1) is 0 Å². The van der Waals surface area contributed by atoms with Crippen LogP contribution in [-0.2, 0) is 14.1 Å². The van der Waals surface area contributed by atoms with E-state index in [1.54, 1.807) is 7.11 Å². The number of pyridine rings is 1. The second-order valence-corrected chi connectivity index (χ2v) is 5.51. The molecule has 0 unspecified atom stereocenters. The predicted molar refractivity (Wildman–Crippen MR) is 85.7 cm³/mol. The van der Waals surface area contributed by atoms with Crippen molar-refractivity contribution >= 4 is 32.6 Å². The number of rotatable bonds is 1. The van der Waals surface area contributed by atoms with E-state index in [1.807, 2.05) is 6.07 Å². The number of halogens is 1. The highest BCUT2D eigenvalue weighted by molar-refractivity contribution is 6.20. The summed E-state index contributed by atoms with van der Waals surface area (Å²) in [7, 11) is 5.88. The standard InChI is InChI=1S/C18H17N2O.HI/c1-19-9-8-14-12(11-19)4-6-17-18(14)15-10-13(21-3)5-7-16(15)20(17)2;/h4-11H,1-3H3;1H/q+1;/p-1. The molecule has 4 heteroatoms. The van der Waals surface area contributed by atoms with Crippen molar-refractivity contribution in [1.29, 1.82) is 0 Å². The van der Waals surface area contributed by atoms with Crippen molar-refractivity contribution in [2.24, 2.45) is 14.1 Å². The lowest BCUT2D eigenvalue weighted by Crippen LogP contribution is -3.00. The van der Waals surface area contributed by atoms with Gasteiger partial charge in [-0.2, -0.15) is 0 Å². The van der Waals surface area contributed by atoms with Gasteiger partial charge in [-0.25, -0.2) is 4.57 Å². The Bertz CT molecular complexity index is 1000. The third-order valence-electron chi connectivity index (χ3n) is 4.27. The number of fused-ring (bicyclic) bond motifs is 5. The van der Waals surface area contributed by atoms with E-state index >= 15 is 0 Å². The SMILES string of the molecule is COc1ccc2c(c1)c1c3cc[n+](C)cc3ccc1n2C.[I-]. The van der Waals surface area contributed by atoms with Gasteiger partial charge in [0.1, 0.15) is 12.8 Å². The molecule has 3 nitrogen and oxygen atoms in total. The van der Waals surface area contributed by atoms with Gasteiger partial charge in [0, 0.05) is 45.7 Å². The molecule has 2 aromatic carbocycles. The number of hydrogen-bond acceptors (Lipinski definition) is 1. The minimum Gasteiger partial charge on any atom is -1.00 e. The van der Waals surface area contributed by atoms with Crippen LogP contribution in [0.5, 0.6) is 5.75 Å². The van der Waals surface area contributed by atoms with Gasteiger partial charge in [-0.1, -0.05) is 0 Å². The maximum absolute atomic E-state index is 5.40. The number of nitrogens with zero attached hydrogens (tertiary/aromatic N) is 2. The van der Waals surface area contributed by atoms with Gasteiger partial charge >= 0.3 is 0 Å². The summed E-state index contributed by atoms with van der Waals surface area (Å²) < 4.78 is 9.73. The van der Waals surface area contributed by atoms with Crippen molar-refractivity contribution in [2.75, 3.05) is 7.11 Å². The van der Waals surface area contributed by atoms with Crippen LogP contribution in [-0.4, -0.2) is 11.7 Å². The van der Waals surface area contributed by atoms with Crippen molar-refractivity contribution in [3.05, 3.63) is 48.8 Å². The van der Waals surface area contributed by atoms with E-state index in [4.69, 9.17) is 4.74 Å². The van der Waals surface area contributed by atoms with Gasteiger partial charge in [0.2, 0.25) is 0 Å². The van der Waals surface area contributed by atoms with Crippen molar-refractivity contribution in [1.82, 2.24) is 4.57 Å². The molecular weight excluding hydrogens is 387 g/mol. The van der Waals surface area contributed by atoms with Crippen molar-refractivity contribution in [2.45, 2.75) is 0 Å². The molecule has 0 aliphatic heterocycles. The second-order valence-electron chi connectivity index (χ2n) is 5.51. The van der Waals surface area contributed by atoms with Crippen molar-refractivity contribution in [3.8, 4) is 5.75 Å². The molecule has 2 aromatic heterocycles. The first-order chi connectivity index (χ1) is 10.2. The lowest BCUT2D eigenvalue weighted by Gasteiger charge is -2.01. The third kappa shape index (κ3) is 2.05. The van der Waals surface area contributed by atoms with E-state index in [9.17, 15) is 0 Å². The lowest BCUT2D eigenvalue weighted by atomic mass is 10.1. The largest absolute Gasteiger partial charge is 1.00 e. The van der Waals surface area contributed by atoms with Gasteiger partial charge in [0.05, 0.1) is 7.11 Å². The summed E-state index contributed by atoms with van der Waals surface area (Å²) >= 11 is 0. The zero-order valence-corrected chi connectivity index (χ0v) is 15.0. The Morgan fingerprint density at radius 1 is 1.00 bits per heavy atom. The normalized spacial score (nSPS) is 11.0. The first-order valence-electron chi connectivity index (χ1n) is 7.03. The monoisotopic (exact) mass is 404 g/mol. The molecule has 0 bridgehead atoms. The Morgan fingerprint density at radius 2 is 1.77 bits per heavy atom. The van der Waals surface area contributed by atoms with E-state index in [-0.39, 0.29) is 24.0 Å². The molecule has 4 aromatic rings. The van der Waals surface area contributed by atoms with Crippen LogP contribution in [0.15, 0.2) is 48.8 Å². The molecule has 0 fully saturated rings. The summed E-state index contributed by atoms with van der Waals surface area (Å²) in [6, 6.07) is 12.9. The second kappa shape index (κ2) is 5.43. The first-order valence-corrected chi connectivity index (χ1v) is 7.03. The molecule has 0 N–H and O–H groups in total. The van der Waals surface area contributed by atoms with Crippen LogP contribution in [0, 0.1) is 0 Å². The summed E-state index contributed by atoms with van der Waals surface area (Å²) in [4.78, 5) is 0. The average molecular weight is 404 g/mol. The summed E-state index contributed by atoms with van der Waals surface area (Å²) in [5, 5.41) is 5.07. The molecule has 0 amide bonds. The molecule has 2 heterocycles. The summed E-state index contributed by atoms with van der Waals surface area (Å²) in [6.45, 7) is 0. The molecule has 0 atom stereocenters. The van der Waals surface area contributed by atoms with Crippen LogP contribution in [0.3, 0.4) is 0 Å². The molecule has 0 saturated carbocycles. The molecule has 22 heavy (non-hydrogen) atoms. The number of aromatic nitrogens is 2. The Labute approximate surface area is 146 Å². The fourth-order valence-electron chi connectivity index (χ4n) is 3.20. The summed E-state index contributed by atoms with van der Waals surface area (Å²) in [5.41, 5.74) is 2.48. The smallest absolute Gasteiger partial charge is 0.176 e. The highest BCUT2D eigenvalue weighted by Crippen LogP contribution is 2.35. The first kappa shape index (κ1) is 15.1. The quantitative estimate of drug-likeness (QED) is 0.330. The molecule has 0 aliphatic rings. The van der Waals surface area contributed by atoms with Gasteiger partial charge in [0.15, 0.2) is 12.4 Å². The van der Waals surface area contributed by atoms with E-state index in [1.165, 1.54) is 32.6 Å². The highest BCUT2D eigenvalue weighted by atomic mass is 127. The molecule has 112 valence electrons. The molecule has 0 spiro atoms. The minimum atomic E-state index is 0. The highest BCUT2D eigenvalue weighted by Gasteiger charge is 2.13. The summed E-state index contributed by atoms with van der Waals surface area (Å²) in [6.07, 6.45) is 4.26. The van der Waals surface area contributed by atoms with E-state index < -0.39 is 0 Å². The Kier molecular flexibility index (Phi) is 3.72. The van der Waals surface area contributed by atoms with Crippen LogP contribution >= 0.6 is 0 Å². The van der Waals surface area contributed by atoms with Gasteiger partial charge in [-0.3, -0.25) is 0 Å². The fourth-order valence-corrected chi connectivity index (χ4v) is 3.20. The average Bonchev–Trinajstić information content (AvgIpc) is 2.79. The number of aryl methyl sites for hydroxylation is 2. The molecule has 0 aliphatic carbocycles. The Morgan fingerprint density at radius 3 is 2.55 bits per heavy atom. The van der Waals surface area contributed by atoms with Crippen LogP contribution in [0.1, 0.15) is 0 Å². The van der Waals surface area contributed by atoms with Crippen molar-refractivity contribution in [3.63, 3.8) is 0 Å². The van der Waals surface area contributed by atoms with Crippen LogP contribution in [0.4, 0.5) is 0 Å². The van der Waals surface area contributed by atoms with Crippen LogP contribution in [0.25, 0.3) is 32.6 Å². The molecule has 0 saturated heterocycles. The third-order valence-corrected chi connectivity index (χ3v) is 4.27. The summed E-state index contributed by atoms with van der Waals surface area (Å²) in [5.74, 6) is 0.897. The van der Waals surface area contributed by atoms with Crippen LogP contribution < -0.4 is 33.3 Å². The number of methoxy groups -OCH3 is 1. The fraction of sp³-hybridized carbons (Fsp3) is 0.167. The van der Waals surface area contributed by atoms with E-state index in [0.29, 0.717) is 0 Å². The molecular formula is C18H17IN2O. The number of ether oxygens (including phenoxy) is 1. The Balaban J connectivity index is 0.00000144. The van der Waals surface area contributed by atoms with Gasteiger partial charge < -0.3 is 33.3 Å². The van der Waals surface area contributed by atoms with E-state index in [0.717, 1.165) is 5.75 Å². The predicted octanol–water partition coefficient (Wildman–Crippen LogP) is 0.322. The maximum atomic E-state index is 5.40. The van der Waals surface area contributed by atoms with Crippen LogP contribution in [0.2, 0.25) is 0 Å². The Hall–Kier alpha value is -1.82. The number of benzene rings is 2. The van der Waals surface area contributed by atoms with Gasteiger partial charge in [0.25, 0.3) is 0 Å². The number of hydrogen-bond donors (Lipinski definition) is 0. The van der Waals surface area contributed by atoms with Gasteiger partial charge in [-0.05, 0) is 30.3 Å². The maximum Gasteiger partial charge on any atom is 0.176 e. The zero-order valence-electron chi connectivity index (χ0n) is 12.8.